The minimum atomic E-state index is -0.486. The Hall–Kier alpha value is -2.56. The van der Waals surface area contributed by atoms with Gasteiger partial charge in [-0.05, 0) is 36.8 Å². The van der Waals surface area contributed by atoms with Crippen LogP contribution in [0.25, 0.3) is 0 Å². The lowest BCUT2D eigenvalue weighted by molar-refractivity contribution is 0.100. The van der Waals surface area contributed by atoms with Crippen molar-refractivity contribution in [1.29, 1.82) is 0 Å². The molecule has 2 aromatic rings. The molecule has 104 valence electrons. The Bertz CT molecular complexity index is 627. The first kappa shape index (κ1) is 13.9. The number of nitrogen functional groups attached to an aromatic ring is 1. The molecule has 0 radical (unpaired) electrons. The van der Waals surface area contributed by atoms with Crippen LogP contribution in [-0.2, 0) is 0 Å². The second kappa shape index (κ2) is 5.61. The minimum Gasteiger partial charge on any atom is -0.399 e. The minimum absolute atomic E-state index is 0.0199. The Morgan fingerprint density at radius 2 is 2.05 bits per heavy atom. The highest BCUT2D eigenvalue weighted by Gasteiger charge is 2.18. The molecule has 0 aliphatic heterocycles. The van der Waals surface area contributed by atoms with Gasteiger partial charge in [0.25, 0.3) is 5.91 Å². The number of hydrogen-bond donors (Lipinski definition) is 2. The van der Waals surface area contributed by atoms with Gasteiger partial charge in [0.05, 0.1) is 11.6 Å². The van der Waals surface area contributed by atoms with Gasteiger partial charge in [0.15, 0.2) is 0 Å². The molecule has 1 aromatic carbocycles. The molecule has 1 unspecified atom stereocenters. The van der Waals surface area contributed by atoms with Crippen LogP contribution in [0.15, 0.2) is 42.6 Å². The average molecular weight is 270 g/mol. The van der Waals surface area contributed by atoms with Crippen LogP contribution in [0, 0.1) is 0 Å². The normalized spacial score (nSPS) is 11.9. The SMILES string of the molecule is CC(c1cccc(N)c1)N(C)c1ncccc1C(N)=O. The van der Waals surface area contributed by atoms with E-state index in [1.165, 1.54) is 0 Å². The fraction of sp³-hybridized carbons (Fsp3) is 0.200. The number of primary amides is 1. The fourth-order valence-corrected chi connectivity index (χ4v) is 2.10. The van der Waals surface area contributed by atoms with Crippen molar-refractivity contribution in [2.24, 2.45) is 5.73 Å². The van der Waals surface area contributed by atoms with Gasteiger partial charge in [0, 0.05) is 18.9 Å². The summed E-state index contributed by atoms with van der Waals surface area (Å²) in [5.41, 5.74) is 13.4. The second-order valence-corrected chi connectivity index (χ2v) is 4.70. The van der Waals surface area contributed by atoms with E-state index in [-0.39, 0.29) is 6.04 Å². The third kappa shape index (κ3) is 2.71. The Kier molecular flexibility index (Phi) is 3.89. The van der Waals surface area contributed by atoms with E-state index < -0.39 is 5.91 Å². The summed E-state index contributed by atoms with van der Waals surface area (Å²) in [5, 5.41) is 0. The summed E-state index contributed by atoms with van der Waals surface area (Å²) in [6.07, 6.45) is 1.64. The van der Waals surface area contributed by atoms with E-state index in [0.29, 0.717) is 17.1 Å². The molecule has 0 saturated carbocycles. The molecule has 0 fully saturated rings. The lowest BCUT2D eigenvalue weighted by Gasteiger charge is -2.27. The molecule has 5 heteroatoms. The van der Waals surface area contributed by atoms with Crippen LogP contribution >= 0.6 is 0 Å². The number of anilines is 2. The van der Waals surface area contributed by atoms with Crippen molar-refractivity contribution < 1.29 is 4.79 Å². The molecule has 4 N–H and O–H groups in total. The third-order valence-corrected chi connectivity index (χ3v) is 3.36. The number of pyridine rings is 1. The summed E-state index contributed by atoms with van der Waals surface area (Å²) in [6.45, 7) is 2.02. The highest BCUT2D eigenvalue weighted by molar-refractivity contribution is 5.97. The number of aromatic nitrogens is 1. The number of benzene rings is 1. The lowest BCUT2D eigenvalue weighted by atomic mass is 10.1. The van der Waals surface area contributed by atoms with Crippen LogP contribution < -0.4 is 16.4 Å². The Morgan fingerprint density at radius 3 is 2.70 bits per heavy atom. The zero-order valence-corrected chi connectivity index (χ0v) is 11.6. The van der Waals surface area contributed by atoms with Gasteiger partial charge in [-0.3, -0.25) is 4.79 Å². The summed E-state index contributed by atoms with van der Waals surface area (Å²) in [5.74, 6) is 0.0784. The van der Waals surface area contributed by atoms with Gasteiger partial charge in [-0.25, -0.2) is 4.98 Å². The molecular formula is C15H18N4O. The van der Waals surface area contributed by atoms with Crippen LogP contribution in [0.3, 0.4) is 0 Å². The van der Waals surface area contributed by atoms with Crippen LogP contribution in [0.5, 0.6) is 0 Å². The first-order chi connectivity index (χ1) is 9.50. The molecular weight excluding hydrogens is 252 g/mol. The molecule has 1 heterocycles. The average Bonchev–Trinajstić information content (AvgIpc) is 2.45. The van der Waals surface area contributed by atoms with E-state index in [1.54, 1.807) is 18.3 Å². The zero-order chi connectivity index (χ0) is 14.7. The lowest BCUT2D eigenvalue weighted by Crippen LogP contribution is -2.26. The van der Waals surface area contributed by atoms with Crippen molar-refractivity contribution in [1.82, 2.24) is 4.98 Å². The van der Waals surface area contributed by atoms with Crippen molar-refractivity contribution in [3.8, 4) is 0 Å². The van der Waals surface area contributed by atoms with E-state index in [1.807, 2.05) is 43.1 Å². The highest BCUT2D eigenvalue weighted by atomic mass is 16.1. The van der Waals surface area contributed by atoms with E-state index in [2.05, 4.69) is 4.98 Å². The summed E-state index contributed by atoms with van der Waals surface area (Å²) in [6, 6.07) is 11.0. The number of nitrogens with two attached hydrogens (primary N) is 2. The third-order valence-electron chi connectivity index (χ3n) is 3.36. The van der Waals surface area contributed by atoms with E-state index in [9.17, 15) is 4.79 Å². The molecule has 0 aliphatic carbocycles. The first-order valence-electron chi connectivity index (χ1n) is 6.34. The van der Waals surface area contributed by atoms with E-state index >= 15 is 0 Å². The molecule has 1 aromatic heterocycles. The fourth-order valence-electron chi connectivity index (χ4n) is 2.10. The largest absolute Gasteiger partial charge is 0.399 e. The standard InChI is InChI=1S/C15H18N4O/c1-10(11-5-3-6-12(16)9-11)19(2)15-13(14(17)20)7-4-8-18-15/h3-10H,16H2,1-2H3,(H2,17,20). The van der Waals surface area contributed by atoms with Gasteiger partial charge < -0.3 is 16.4 Å². The van der Waals surface area contributed by atoms with Crippen molar-refractivity contribution in [3.63, 3.8) is 0 Å². The number of carbonyl (C=O) groups is 1. The first-order valence-corrected chi connectivity index (χ1v) is 6.34. The van der Waals surface area contributed by atoms with Gasteiger partial charge in [0.2, 0.25) is 0 Å². The second-order valence-electron chi connectivity index (χ2n) is 4.70. The van der Waals surface area contributed by atoms with Crippen molar-refractivity contribution in [3.05, 3.63) is 53.7 Å². The quantitative estimate of drug-likeness (QED) is 0.832. The molecule has 0 aliphatic rings. The van der Waals surface area contributed by atoms with Crippen LogP contribution in [0.2, 0.25) is 0 Å². The van der Waals surface area contributed by atoms with Gasteiger partial charge >= 0.3 is 0 Å². The Morgan fingerprint density at radius 1 is 1.30 bits per heavy atom. The van der Waals surface area contributed by atoms with E-state index in [0.717, 1.165) is 5.56 Å². The number of rotatable bonds is 4. The Balaban J connectivity index is 2.36. The maximum atomic E-state index is 11.5. The maximum Gasteiger partial charge on any atom is 0.252 e. The summed E-state index contributed by atoms with van der Waals surface area (Å²) < 4.78 is 0. The molecule has 20 heavy (non-hydrogen) atoms. The highest BCUT2D eigenvalue weighted by Crippen LogP contribution is 2.26. The number of carbonyl (C=O) groups excluding carboxylic acids is 1. The Labute approximate surface area is 118 Å². The van der Waals surface area contributed by atoms with Crippen molar-refractivity contribution in [2.75, 3.05) is 17.7 Å². The summed E-state index contributed by atoms with van der Waals surface area (Å²) in [7, 11) is 1.88. The molecule has 2 rings (SSSR count). The van der Waals surface area contributed by atoms with Gasteiger partial charge in [-0.15, -0.1) is 0 Å². The zero-order valence-electron chi connectivity index (χ0n) is 11.6. The van der Waals surface area contributed by atoms with Crippen molar-refractivity contribution in [2.45, 2.75) is 13.0 Å². The predicted octanol–water partition coefficient (Wildman–Crippen LogP) is 1.96. The number of nitrogens with zero attached hydrogens (tertiary/aromatic N) is 2. The smallest absolute Gasteiger partial charge is 0.252 e. The van der Waals surface area contributed by atoms with Gasteiger partial charge in [-0.1, -0.05) is 12.1 Å². The molecule has 0 spiro atoms. The van der Waals surface area contributed by atoms with E-state index in [4.69, 9.17) is 11.5 Å². The number of hydrogen-bond acceptors (Lipinski definition) is 4. The summed E-state index contributed by atoms with van der Waals surface area (Å²) in [4.78, 5) is 17.6. The molecule has 5 nitrogen and oxygen atoms in total. The van der Waals surface area contributed by atoms with Gasteiger partial charge in [-0.2, -0.15) is 0 Å². The number of amides is 1. The topological polar surface area (TPSA) is 85.2 Å². The van der Waals surface area contributed by atoms with Gasteiger partial charge in [0.1, 0.15) is 5.82 Å². The maximum absolute atomic E-state index is 11.5. The molecule has 1 amide bonds. The molecule has 0 saturated heterocycles. The van der Waals surface area contributed by atoms with Crippen molar-refractivity contribution >= 4 is 17.4 Å². The predicted molar refractivity (Wildman–Crippen MR) is 80.4 cm³/mol. The summed E-state index contributed by atoms with van der Waals surface area (Å²) >= 11 is 0. The van der Waals surface area contributed by atoms with Crippen LogP contribution in [0.4, 0.5) is 11.5 Å². The van der Waals surface area contributed by atoms with Crippen LogP contribution in [0.1, 0.15) is 28.9 Å². The monoisotopic (exact) mass is 270 g/mol. The molecule has 0 bridgehead atoms. The van der Waals surface area contributed by atoms with Crippen LogP contribution in [-0.4, -0.2) is 17.9 Å². The molecule has 1 atom stereocenters.